The molecule has 0 aromatic heterocycles. The van der Waals surface area contributed by atoms with Crippen LogP contribution < -0.4 is 0 Å². The molecule has 0 unspecified atom stereocenters. The molecule has 4 heteroatoms. The van der Waals surface area contributed by atoms with Crippen LogP contribution >= 0.6 is 17.0 Å². The molecule has 0 aliphatic carbocycles. The second-order valence-corrected chi connectivity index (χ2v) is 14.9. The molecule has 0 amide bonds. The topological polar surface area (TPSA) is 0 Å². The summed E-state index contributed by atoms with van der Waals surface area (Å²) in [5.74, 6) is 0. The van der Waals surface area contributed by atoms with Crippen LogP contribution in [-0.4, -0.2) is 9.52 Å². The van der Waals surface area contributed by atoms with E-state index in [1.54, 1.807) is 0 Å². The third-order valence-corrected chi connectivity index (χ3v) is 7.09. The fourth-order valence-corrected chi connectivity index (χ4v) is 5.07. The maximum absolute atomic E-state index is 4.93. The zero-order valence-electron chi connectivity index (χ0n) is 25.1. The fraction of sp³-hybridized carbons (Fsp3) is 0.211. The van der Waals surface area contributed by atoms with Crippen LogP contribution in [0.1, 0.15) is 47.2 Å². The Morgan fingerprint density at radius 1 is 0.571 bits per heavy atom. The van der Waals surface area contributed by atoms with Crippen molar-refractivity contribution in [2.75, 3.05) is 0 Å². The molecule has 42 heavy (non-hydrogen) atoms. The van der Waals surface area contributed by atoms with Crippen LogP contribution in [0.5, 0.6) is 0 Å². The Hall–Kier alpha value is -2.22. The molecule has 0 saturated heterocycles. The molecule has 0 atom stereocenters. The number of benzene rings is 4. The predicted octanol–water partition coefficient (Wildman–Crippen LogP) is 11.6. The summed E-state index contributed by atoms with van der Waals surface area (Å²) in [5.41, 5.74) is 8.49. The molecular weight excluding hydrogens is 647 g/mol. The van der Waals surface area contributed by atoms with Crippen molar-refractivity contribution in [1.82, 2.24) is 0 Å². The van der Waals surface area contributed by atoms with Crippen LogP contribution in [0.4, 0.5) is 0 Å². The summed E-state index contributed by atoms with van der Waals surface area (Å²) in [5, 5.41) is 5.58. The van der Waals surface area contributed by atoms with Gasteiger partial charge in [0, 0.05) is 9.52 Å². The molecule has 0 aliphatic rings. The van der Waals surface area contributed by atoms with E-state index in [4.69, 9.17) is 17.0 Å². The van der Waals surface area contributed by atoms with Crippen molar-refractivity contribution < 1.29 is 20.8 Å². The Labute approximate surface area is 274 Å². The number of rotatable bonds is 6. The first-order chi connectivity index (χ1) is 20.6. The molecule has 0 saturated carbocycles. The third kappa shape index (κ3) is 10.5. The first-order valence-corrected chi connectivity index (χ1v) is 22.9. The van der Waals surface area contributed by atoms with Gasteiger partial charge in [0.1, 0.15) is 0 Å². The average molecular weight is 687 g/mol. The maximum atomic E-state index is 4.93. The standard InChI is InChI=1S/2C18H17.C2H6Si.2ClH.Zr/c2*1-2-14-11-16-9-6-10-17(18(16)13-14)12-15-7-4-3-5-8-15;1-3-2;;;/h2*3-11,13H,2,12H2,1H3;1-2H3;2*1H;/q2*-1;;;;+4/p-2. The van der Waals surface area contributed by atoms with Gasteiger partial charge in [-0.1, -0.05) is 111 Å². The summed E-state index contributed by atoms with van der Waals surface area (Å²) in [6.07, 6.45) is 4.26. The summed E-state index contributed by atoms with van der Waals surface area (Å²) in [7, 11) is 11.0. The van der Waals surface area contributed by atoms with Gasteiger partial charge in [0.2, 0.25) is 0 Å². The number of hydrogen-bond acceptors (Lipinski definition) is 0. The van der Waals surface area contributed by atoms with Gasteiger partial charge in [0.25, 0.3) is 0 Å². The molecule has 6 aromatic carbocycles. The van der Waals surface area contributed by atoms with Crippen molar-refractivity contribution in [3.63, 3.8) is 0 Å². The molecule has 0 N–H and O–H groups in total. The third-order valence-electron chi connectivity index (χ3n) is 7.09. The molecule has 0 spiro atoms. The number of hydrogen-bond donors (Lipinski definition) is 0. The van der Waals surface area contributed by atoms with Gasteiger partial charge in [-0.3, -0.25) is 0 Å². The van der Waals surface area contributed by atoms with Gasteiger partial charge in [-0.25, -0.2) is 0 Å². The molecule has 6 rings (SSSR count). The average Bonchev–Trinajstić information content (AvgIpc) is 3.65. The van der Waals surface area contributed by atoms with Crippen LogP contribution in [0.2, 0.25) is 13.1 Å². The van der Waals surface area contributed by atoms with Gasteiger partial charge in [-0.15, -0.1) is 69.1 Å². The van der Waals surface area contributed by atoms with E-state index < -0.39 is 20.8 Å². The first-order valence-electron chi connectivity index (χ1n) is 14.5. The first kappa shape index (κ1) is 34.3. The summed E-state index contributed by atoms with van der Waals surface area (Å²) in [4.78, 5) is 0. The van der Waals surface area contributed by atoms with E-state index in [9.17, 15) is 0 Å². The quantitative estimate of drug-likeness (QED) is 0.121. The van der Waals surface area contributed by atoms with E-state index in [1.165, 1.54) is 54.9 Å². The second-order valence-electron chi connectivity index (χ2n) is 10.2. The Kier molecular flexibility index (Phi) is 15.6. The molecule has 2 radical (unpaired) electrons. The van der Waals surface area contributed by atoms with E-state index in [0.717, 1.165) is 35.2 Å². The summed E-state index contributed by atoms with van der Waals surface area (Å²) in [6, 6.07) is 43.9. The van der Waals surface area contributed by atoms with E-state index >= 15 is 0 Å². The van der Waals surface area contributed by atoms with Gasteiger partial charge in [0.05, 0.1) is 0 Å². The van der Waals surface area contributed by atoms with Crippen molar-refractivity contribution in [3.05, 3.63) is 155 Å². The second kappa shape index (κ2) is 19.1. The predicted molar refractivity (Wildman–Crippen MR) is 186 cm³/mol. The van der Waals surface area contributed by atoms with Crippen LogP contribution in [0.3, 0.4) is 0 Å². The van der Waals surface area contributed by atoms with Gasteiger partial charge in [-0.2, -0.15) is 12.1 Å². The Morgan fingerprint density at radius 2 is 0.929 bits per heavy atom. The molecule has 214 valence electrons. The summed E-state index contributed by atoms with van der Waals surface area (Å²) < 4.78 is 0. The zero-order valence-corrected chi connectivity index (χ0v) is 30.1. The van der Waals surface area contributed by atoms with Gasteiger partial charge in [0.15, 0.2) is 0 Å². The van der Waals surface area contributed by atoms with Crippen LogP contribution in [0.15, 0.2) is 121 Å². The Bertz CT molecular complexity index is 1460. The van der Waals surface area contributed by atoms with Crippen molar-refractivity contribution in [3.8, 4) is 0 Å². The van der Waals surface area contributed by atoms with Crippen molar-refractivity contribution in [2.24, 2.45) is 0 Å². The summed E-state index contributed by atoms with van der Waals surface area (Å²) >= 11 is -0.826. The van der Waals surface area contributed by atoms with Crippen LogP contribution in [0, 0.1) is 0 Å². The molecule has 0 nitrogen and oxygen atoms in total. The molecule has 0 aliphatic heterocycles. The SMILES string of the molecule is CCc1cc2c(Cc3ccccc3)cccc2[cH-]1.CCc1cc2c(Cc3ccccc3)cccc2[cH-]1.C[Si]C.[Cl][Zr+2][Cl]. The minimum atomic E-state index is -0.826. The van der Waals surface area contributed by atoms with E-state index in [2.05, 4.69) is 148 Å². The van der Waals surface area contributed by atoms with Gasteiger partial charge >= 0.3 is 37.9 Å². The van der Waals surface area contributed by atoms with Crippen molar-refractivity contribution in [2.45, 2.75) is 52.6 Å². The van der Waals surface area contributed by atoms with Crippen LogP contribution in [0.25, 0.3) is 21.5 Å². The van der Waals surface area contributed by atoms with Crippen molar-refractivity contribution in [1.29, 1.82) is 0 Å². The van der Waals surface area contributed by atoms with Gasteiger partial charge in [-0.05, 0) is 36.8 Å². The Morgan fingerprint density at radius 3 is 1.26 bits per heavy atom. The fourth-order valence-electron chi connectivity index (χ4n) is 5.07. The molecule has 0 fully saturated rings. The minimum absolute atomic E-state index is 0.826. The number of aryl methyl sites for hydroxylation is 2. The van der Waals surface area contributed by atoms with E-state index in [1.807, 2.05) is 0 Å². The Balaban J connectivity index is 0.000000195. The zero-order chi connectivity index (χ0) is 30.2. The number of halogens is 2. The molecular formula is C38H40Cl2SiZr. The normalized spacial score (nSPS) is 10.0. The van der Waals surface area contributed by atoms with E-state index in [-0.39, 0.29) is 0 Å². The summed E-state index contributed by atoms with van der Waals surface area (Å²) in [6.45, 7) is 8.73. The van der Waals surface area contributed by atoms with Crippen molar-refractivity contribution >= 4 is 48.1 Å². The van der Waals surface area contributed by atoms with Gasteiger partial charge < -0.3 is 0 Å². The monoisotopic (exact) mass is 684 g/mol. The molecule has 6 aromatic rings. The number of fused-ring (bicyclic) bond motifs is 2. The van der Waals surface area contributed by atoms with E-state index in [0.29, 0.717) is 0 Å². The van der Waals surface area contributed by atoms with Crippen LogP contribution in [-0.2, 0) is 46.5 Å². The molecule has 0 bridgehead atoms. The molecule has 0 heterocycles.